The van der Waals surface area contributed by atoms with Crippen LogP contribution in [0.15, 0.2) is 29.3 Å². The Morgan fingerprint density at radius 1 is 1.24 bits per heavy atom. The number of methoxy groups -OCH3 is 1. The number of hydrogen-bond acceptors (Lipinski definition) is 2. The third-order valence-corrected chi connectivity index (χ3v) is 4.79. The monoisotopic (exact) mass is 463 g/mol. The molecule has 0 bridgehead atoms. The number of benzene rings is 1. The molecular weight excluding hydrogens is 432 g/mol. The second-order valence-electron chi connectivity index (χ2n) is 6.59. The summed E-state index contributed by atoms with van der Waals surface area (Å²) in [5.41, 5.74) is 1.45. The maximum absolute atomic E-state index is 12.9. The molecule has 2 N–H and O–H groups in total. The zero-order valence-corrected chi connectivity index (χ0v) is 17.6. The lowest BCUT2D eigenvalue weighted by Crippen LogP contribution is -2.41. The average molecular weight is 463 g/mol. The van der Waals surface area contributed by atoms with Crippen LogP contribution in [-0.4, -0.2) is 39.3 Å². The fraction of sp³-hybridized carbons (Fsp3) is 0.632. The molecule has 25 heavy (non-hydrogen) atoms. The highest BCUT2D eigenvalue weighted by Gasteiger charge is 2.36. The molecule has 0 atom stereocenters. The number of aliphatic imine (C=N–C) groups is 1. The van der Waals surface area contributed by atoms with E-state index in [9.17, 15) is 4.39 Å². The minimum atomic E-state index is -0.191. The largest absolute Gasteiger partial charge is 0.385 e. The molecule has 1 aromatic rings. The van der Waals surface area contributed by atoms with Crippen molar-refractivity contribution >= 4 is 29.9 Å². The summed E-state index contributed by atoms with van der Waals surface area (Å²) in [6, 6.07) is 6.67. The van der Waals surface area contributed by atoms with E-state index >= 15 is 0 Å². The summed E-state index contributed by atoms with van der Waals surface area (Å²) in [5.74, 6) is 0.673. The van der Waals surface area contributed by atoms with Crippen LogP contribution in [0.5, 0.6) is 0 Å². The van der Waals surface area contributed by atoms with E-state index in [-0.39, 0.29) is 29.8 Å². The van der Waals surface area contributed by atoms with Gasteiger partial charge in [-0.1, -0.05) is 18.6 Å². The van der Waals surface area contributed by atoms with Crippen molar-refractivity contribution in [3.05, 3.63) is 35.6 Å². The zero-order chi connectivity index (χ0) is 17.3. The highest BCUT2D eigenvalue weighted by molar-refractivity contribution is 14.0. The topological polar surface area (TPSA) is 45.7 Å². The molecule has 1 fully saturated rings. The molecule has 0 unspecified atom stereocenters. The van der Waals surface area contributed by atoms with Crippen LogP contribution < -0.4 is 10.6 Å². The summed E-state index contributed by atoms with van der Waals surface area (Å²) in [7, 11) is 1.76. The summed E-state index contributed by atoms with van der Waals surface area (Å²) in [6.07, 6.45) is 5.72. The smallest absolute Gasteiger partial charge is 0.191 e. The van der Waals surface area contributed by atoms with Gasteiger partial charge in [0, 0.05) is 33.4 Å². The van der Waals surface area contributed by atoms with Gasteiger partial charge in [0.25, 0.3) is 0 Å². The quantitative estimate of drug-likeness (QED) is 0.333. The second-order valence-corrected chi connectivity index (χ2v) is 6.59. The first kappa shape index (κ1) is 22.2. The molecule has 0 spiro atoms. The molecule has 2 rings (SSSR count). The minimum Gasteiger partial charge on any atom is -0.385 e. The summed E-state index contributed by atoms with van der Waals surface area (Å²) < 4.78 is 18.2. The van der Waals surface area contributed by atoms with Crippen LogP contribution in [0, 0.1) is 11.2 Å². The third kappa shape index (κ3) is 7.48. The van der Waals surface area contributed by atoms with Crippen LogP contribution in [0.3, 0.4) is 0 Å². The predicted octanol–water partition coefficient (Wildman–Crippen LogP) is 3.75. The highest BCUT2D eigenvalue weighted by Crippen LogP contribution is 2.44. The number of guanidine groups is 1. The number of rotatable bonds is 9. The molecule has 142 valence electrons. The Morgan fingerprint density at radius 2 is 1.96 bits per heavy atom. The van der Waals surface area contributed by atoms with Crippen LogP contribution in [0.4, 0.5) is 4.39 Å². The van der Waals surface area contributed by atoms with Gasteiger partial charge < -0.3 is 15.4 Å². The van der Waals surface area contributed by atoms with Crippen LogP contribution in [0.25, 0.3) is 0 Å². The Kier molecular flexibility index (Phi) is 10.3. The first-order chi connectivity index (χ1) is 11.7. The van der Waals surface area contributed by atoms with Gasteiger partial charge in [-0.2, -0.15) is 0 Å². The van der Waals surface area contributed by atoms with E-state index in [0.29, 0.717) is 5.41 Å². The van der Waals surface area contributed by atoms with Gasteiger partial charge in [-0.25, -0.2) is 4.39 Å². The van der Waals surface area contributed by atoms with E-state index < -0.39 is 0 Å². The van der Waals surface area contributed by atoms with Gasteiger partial charge in [0.05, 0.1) is 0 Å². The number of nitrogens with zero attached hydrogens (tertiary/aromatic N) is 1. The number of nitrogens with one attached hydrogen (secondary N) is 2. The molecule has 1 saturated carbocycles. The van der Waals surface area contributed by atoms with Crippen molar-refractivity contribution in [2.45, 2.75) is 39.0 Å². The molecule has 1 aliphatic carbocycles. The zero-order valence-electron chi connectivity index (χ0n) is 15.3. The SMILES string of the molecule is CCNC(=NCC1(CCOC)CCC1)NCCc1ccc(F)cc1.I. The normalized spacial score (nSPS) is 15.9. The Bertz CT molecular complexity index is 518. The number of ether oxygens (including phenoxy) is 1. The number of hydrogen-bond donors (Lipinski definition) is 2. The minimum absolute atomic E-state index is 0. The molecule has 1 aromatic carbocycles. The van der Waals surface area contributed by atoms with Gasteiger partial charge in [0.2, 0.25) is 0 Å². The van der Waals surface area contributed by atoms with Crippen LogP contribution in [0.2, 0.25) is 0 Å². The molecule has 6 heteroatoms. The fourth-order valence-electron chi connectivity index (χ4n) is 3.05. The van der Waals surface area contributed by atoms with Gasteiger partial charge in [-0.3, -0.25) is 4.99 Å². The Labute approximate surface area is 168 Å². The summed E-state index contributed by atoms with van der Waals surface area (Å²) in [6.45, 7) is 5.35. The summed E-state index contributed by atoms with van der Waals surface area (Å²) >= 11 is 0. The summed E-state index contributed by atoms with van der Waals surface area (Å²) in [5, 5.41) is 6.68. The van der Waals surface area contributed by atoms with Crippen molar-refractivity contribution in [3.8, 4) is 0 Å². The van der Waals surface area contributed by atoms with Gasteiger partial charge >= 0.3 is 0 Å². The maximum atomic E-state index is 12.9. The average Bonchev–Trinajstić information content (AvgIpc) is 2.55. The standard InChI is InChI=1S/C19H30FN3O.HI/c1-3-21-18(22-13-9-16-5-7-17(20)8-6-16)23-15-19(10-4-11-19)12-14-24-2;/h5-8H,3-4,9-15H2,1-2H3,(H2,21,22,23);1H. The molecule has 0 radical (unpaired) electrons. The van der Waals surface area contributed by atoms with Crippen molar-refractivity contribution in [2.75, 3.05) is 33.4 Å². The fourth-order valence-corrected chi connectivity index (χ4v) is 3.05. The first-order valence-corrected chi connectivity index (χ1v) is 8.93. The lowest BCUT2D eigenvalue weighted by Gasteiger charge is -2.40. The van der Waals surface area contributed by atoms with Gasteiger partial charge in [-0.15, -0.1) is 24.0 Å². The second kappa shape index (κ2) is 11.7. The molecule has 1 aliphatic rings. The van der Waals surface area contributed by atoms with Gasteiger partial charge in [0.15, 0.2) is 5.96 Å². The van der Waals surface area contributed by atoms with E-state index in [4.69, 9.17) is 9.73 Å². The summed E-state index contributed by atoms with van der Waals surface area (Å²) in [4.78, 5) is 4.78. The van der Waals surface area contributed by atoms with E-state index in [2.05, 4.69) is 17.6 Å². The van der Waals surface area contributed by atoms with Gasteiger partial charge in [0.1, 0.15) is 5.82 Å². The molecule has 0 saturated heterocycles. The van der Waals surface area contributed by atoms with Crippen molar-refractivity contribution in [1.82, 2.24) is 10.6 Å². The van der Waals surface area contributed by atoms with Crippen molar-refractivity contribution < 1.29 is 9.13 Å². The Balaban J connectivity index is 0.00000312. The molecule has 0 amide bonds. The van der Waals surface area contributed by atoms with Crippen LogP contribution in [0.1, 0.15) is 38.2 Å². The lowest BCUT2D eigenvalue weighted by molar-refractivity contribution is 0.0778. The third-order valence-electron chi connectivity index (χ3n) is 4.79. The van der Waals surface area contributed by atoms with Gasteiger partial charge in [-0.05, 0) is 55.7 Å². The Hall–Kier alpha value is -0.890. The van der Waals surface area contributed by atoms with Crippen LogP contribution in [-0.2, 0) is 11.2 Å². The molecule has 4 nitrogen and oxygen atoms in total. The van der Waals surface area contributed by atoms with Crippen molar-refractivity contribution in [1.29, 1.82) is 0 Å². The van der Waals surface area contributed by atoms with E-state index in [1.165, 1.54) is 31.4 Å². The Morgan fingerprint density at radius 3 is 2.52 bits per heavy atom. The van der Waals surface area contributed by atoms with E-state index in [1.807, 2.05) is 12.1 Å². The molecule has 0 aromatic heterocycles. The first-order valence-electron chi connectivity index (χ1n) is 8.93. The van der Waals surface area contributed by atoms with E-state index in [0.717, 1.165) is 50.6 Å². The molecule has 0 aliphatic heterocycles. The predicted molar refractivity (Wildman–Crippen MR) is 112 cm³/mol. The molecular formula is C19H31FIN3O. The van der Waals surface area contributed by atoms with Crippen molar-refractivity contribution in [3.63, 3.8) is 0 Å². The van der Waals surface area contributed by atoms with Crippen LogP contribution >= 0.6 is 24.0 Å². The number of halogens is 2. The lowest BCUT2D eigenvalue weighted by atomic mass is 9.67. The highest BCUT2D eigenvalue weighted by atomic mass is 127. The van der Waals surface area contributed by atoms with Crippen molar-refractivity contribution in [2.24, 2.45) is 10.4 Å². The maximum Gasteiger partial charge on any atom is 0.191 e. The van der Waals surface area contributed by atoms with E-state index in [1.54, 1.807) is 7.11 Å². The molecule has 0 heterocycles.